The summed E-state index contributed by atoms with van der Waals surface area (Å²) in [6.45, 7) is 7.60. The van der Waals surface area contributed by atoms with Crippen LogP contribution in [0.25, 0.3) is 0 Å². The number of carbonyl (C=O) groups is 2. The van der Waals surface area contributed by atoms with Gasteiger partial charge in [0.25, 0.3) is 0 Å². The van der Waals surface area contributed by atoms with Gasteiger partial charge >= 0.3 is 0 Å². The SMILES string of the molecule is CC(=O)CC/C=C(\C)CC/C=C(\C)CC/C=C(\C)C(N)=O. The zero-order valence-corrected chi connectivity index (χ0v) is 13.9. The Balaban J connectivity index is 3.99. The lowest BCUT2D eigenvalue weighted by Crippen LogP contribution is -2.11. The molecule has 0 aliphatic heterocycles. The zero-order valence-electron chi connectivity index (χ0n) is 13.9. The Labute approximate surface area is 129 Å². The summed E-state index contributed by atoms with van der Waals surface area (Å²) in [6.07, 6.45) is 11.6. The topological polar surface area (TPSA) is 60.2 Å². The molecule has 0 spiro atoms. The molecule has 0 saturated carbocycles. The molecule has 21 heavy (non-hydrogen) atoms. The maximum absolute atomic E-state index is 10.9. The summed E-state index contributed by atoms with van der Waals surface area (Å²) < 4.78 is 0. The molecule has 0 saturated heterocycles. The van der Waals surface area contributed by atoms with Crippen LogP contribution in [0.15, 0.2) is 34.9 Å². The van der Waals surface area contributed by atoms with E-state index in [0.717, 1.165) is 32.1 Å². The minimum atomic E-state index is -0.344. The van der Waals surface area contributed by atoms with Gasteiger partial charge in [-0.3, -0.25) is 4.79 Å². The number of primary amides is 1. The number of hydrogen-bond acceptors (Lipinski definition) is 2. The van der Waals surface area contributed by atoms with Crippen molar-refractivity contribution in [3.05, 3.63) is 34.9 Å². The highest BCUT2D eigenvalue weighted by atomic mass is 16.1. The molecule has 0 rings (SSSR count). The number of carbonyl (C=O) groups excluding carboxylic acids is 2. The molecular weight excluding hydrogens is 262 g/mol. The van der Waals surface area contributed by atoms with Crippen LogP contribution < -0.4 is 5.73 Å². The molecule has 2 N–H and O–H groups in total. The van der Waals surface area contributed by atoms with Crippen molar-refractivity contribution in [1.82, 2.24) is 0 Å². The molecule has 0 aliphatic rings. The molecule has 1 amide bonds. The lowest BCUT2D eigenvalue weighted by atomic mass is 10.1. The van der Waals surface area contributed by atoms with Crippen LogP contribution in [-0.2, 0) is 9.59 Å². The minimum Gasteiger partial charge on any atom is -0.366 e. The van der Waals surface area contributed by atoms with Crippen LogP contribution in [0.2, 0.25) is 0 Å². The third-order valence-electron chi connectivity index (χ3n) is 3.40. The molecule has 3 heteroatoms. The maximum atomic E-state index is 10.9. The van der Waals surface area contributed by atoms with Crippen molar-refractivity contribution in [1.29, 1.82) is 0 Å². The normalized spacial score (nSPS) is 13.4. The summed E-state index contributed by atoms with van der Waals surface area (Å²) in [5.41, 5.74) is 8.48. The summed E-state index contributed by atoms with van der Waals surface area (Å²) in [5, 5.41) is 0. The number of hydrogen-bond donors (Lipinski definition) is 1. The molecule has 0 aliphatic carbocycles. The van der Waals surface area contributed by atoms with Gasteiger partial charge in [-0.2, -0.15) is 0 Å². The molecule has 0 fully saturated rings. The standard InChI is InChI=1S/C18H29NO2/c1-14(10-6-12-16(3)18(19)21)8-5-9-15(2)11-7-13-17(4)20/h8,11-12H,5-7,9-10,13H2,1-4H3,(H2,19,21)/b14-8+,15-11+,16-12+. The zero-order chi connectivity index (χ0) is 16.3. The summed E-state index contributed by atoms with van der Waals surface area (Å²) in [4.78, 5) is 21.7. The second kappa shape index (κ2) is 11.1. The molecule has 0 unspecified atom stereocenters. The maximum Gasteiger partial charge on any atom is 0.244 e. The fraction of sp³-hybridized carbons (Fsp3) is 0.556. The monoisotopic (exact) mass is 291 g/mol. The molecule has 0 heterocycles. The van der Waals surface area contributed by atoms with Gasteiger partial charge in [-0.15, -0.1) is 0 Å². The second-order valence-corrected chi connectivity index (χ2v) is 5.67. The average molecular weight is 291 g/mol. The van der Waals surface area contributed by atoms with E-state index in [2.05, 4.69) is 26.0 Å². The van der Waals surface area contributed by atoms with E-state index in [1.165, 1.54) is 11.1 Å². The van der Waals surface area contributed by atoms with Crippen LogP contribution >= 0.6 is 0 Å². The molecule has 118 valence electrons. The first-order valence-electron chi connectivity index (χ1n) is 7.60. The number of rotatable bonds is 10. The quantitative estimate of drug-likeness (QED) is 0.483. The van der Waals surface area contributed by atoms with Gasteiger partial charge < -0.3 is 10.5 Å². The van der Waals surface area contributed by atoms with E-state index in [-0.39, 0.29) is 11.7 Å². The van der Waals surface area contributed by atoms with Crippen LogP contribution in [0.1, 0.15) is 66.2 Å². The second-order valence-electron chi connectivity index (χ2n) is 5.67. The molecule has 0 aromatic rings. The van der Waals surface area contributed by atoms with Gasteiger partial charge in [0.2, 0.25) is 5.91 Å². The Morgan fingerprint density at radius 3 is 1.62 bits per heavy atom. The molecule has 0 atom stereocenters. The van der Waals surface area contributed by atoms with Gasteiger partial charge in [-0.25, -0.2) is 0 Å². The Bertz CT molecular complexity index is 442. The van der Waals surface area contributed by atoms with Crippen molar-refractivity contribution in [2.75, 3.05) is 0 Å². The highest BCUT2D eigenvalue weighted by Gasteiger charge is 1.96. The van der Waals surface area contributed by atoms with Gasteiger partial charge in [0.05, 0.1) is 0 Å². The molecule has 0 radical (unpaired) electrons. The highest BCUT2D eigenvalue weighted by molar-refractivity contribution is 5.91. The third-order valence-corrected chi connectivity index (χ3v) is 3.40. The van der Waals surface area contributed by atoms with Crippen LogP contribution in [0.3, 0.4) is 0 Å². The van der Waals surface area contributed by atoms with Gasteiger partial charge in [0.15, 0.2) is 0 Å². The molecule has 0 bridgehead atoms. The Morgan fingerprint density at radius 1 is 0.762 bits per heavy atom. The Kier molecular flexibility index (Phi) is 10.2. The van der Waals surface area contributed by atoms with E-state index in [1.54, 1.807) is 13.8 Å². The lowest BCUT2D eigenvalue weighted by molar-refractivity contribution is -0.117. The van der Waals surface area contributed by atoms with Crippen molar-refractivity contribution in [2.24, 2.45) is 5.73 Å². The largest absolute Gasteiger partial charge is 0.366 e. The van der Waals surface area contributed by atoms with Crippen molar-refractivity contribution in [3.8, 4) is 0 Å². The number of allylic oxidation sites excluding steroid dienone is 5. The minimum absolute atomic E-state index is 0.245. The molecule has 0 aromatic heterocycles. The molecule has 3 nitrogen and oxygen atoms in total. The first-order valence-corrected chi connectivity index (χ1v) is 7.60. The van der Waals surface area contributed by atoms with Crippen LogP contribution in [0.5, 0.6) is 0 Å². The van der Waals surface area contributed by atoms with E-state index in [1.807, 2.05) is 6.08 Å². The first kappa shape index (κ1) is 19.4. The number of amides is 1. The van der Waals surface area contributed by atoms with Crippen molar-refractivity contribution >= 4 is 11.7 Å². The van der Waals surface area contributed by atoms with E-state index in [0.29, 0.717) is 12.0 Å². The fourth-order valence-electron chi connectivity index (χ4n) is 1.89. The summed E-state index contributed by atoms with van der Waals surface area (Å²) >= 11 is 0. The third kappa shape index (κ3) is 11.9. The van der Waals surface area contributed by atoms with Crippen LogP contribution in [0.4, 0.5) is 0 Å². The highest BCUT2D eigenvalue weighted by Crippen LogP contribution is 2.12. The number of ketones is 1. The van der Waals surface area contributed by atoms with E-state index >= 15 is 0 Å². The predicted molar refractivity (Wildman–Crippen MR) is 88.8 cm³/mol. The smallest absolute Gasteiger partial charge is 0.244 e. The fourth-order valence-corrected chi connectivity index (χ4v) is 1.89. The van der Waals surface area contributed by atoms with Crippen LogP contribution in [-0.4, -0.2) is 11.7 Å². The van der Waals surface area contributed by atoms with Crippen molar-refractivity contribution in [2.45, 2.75) is 66.2 Å². The van der Waals surface area contributed by atoms with Gasteiger partial charge in [-0.1, -0.05) is 29.4 Å². The molecule has 0 aromatic carbocycles. The van der Waals surface area contributed by atoms with E-state index < -0.39 is 0 Å². The number of Topliss-reactive ketones (excluding diaryl/α,β-unsaturated/α-hetero) is 1. The number of nitrogens with two attached hydrogens (primary N) is 1. The van der Waals surface area contributed by atoms with Gasteiger partial charge in [0, 0.05) is 12.0 Å². The Hall–Kier alpha value is -1.64. The summed E-state index contributed by atoms with van der Waals surface area (Å²) in [5.74, 6) is -0.0999. The van der Waals surface area contributed by atoms with E-state index in [4.69, 9.17) is 5.73 Å². The lowest BCUT2D eigenvalue weighted by Gasteiger charge is -2.01. The Morgan fingerprint density at radius 2 is 1.19 bits per heavy atom. The average Bonchev–Trinajstić information content (AvgIpc) is 2.37. The summed E-state index contributed by atoms with van der Waals surface area (Å²) in [6, 6.07) is 0. The summed E-state index contributed by atoms with van der Waals surface area (Å²) in [7, 11) is 0. The van der Waals surface area contributed by atoms with Gasteiger partial charge in [0.1, 0.15) is 5.78 Å². The van der Waals surface area contributed by atoms with E-state index in [9.17, 15) is 9.59 Å². The van der Waals surface area contributed by atoms with Crippen molar-refractivity contribution in [3.63, 3.8) is 0 Å². The predicted octanol–water partition coefficient (Wildman–Crippen LogP) is 4.24. The molecular formula is C18H29NO2. The first-order chi connectivity index (χ1) is 9.82. The van der Waals surface area contributed by atoms with Crippen LogP contribution in [0, 0.1) is 0 Å². The van der Waals surface area contributed by atoms with Gasteiger partial charge in [-0.05, 0) is 59.8 Å². The van der Waals surface area contributed by atoms with Crippen molar-refractivity contribution < 1.29 is 9.59 Å².